The van der Waals surface area contributed by atoms with Gasteiger partial charge in [0, 0.05) is 11.9 Å². The summed E-state index contributed by atoms with van der Waals surface area (Å²) in [4.78, 5) is 36.7. The monoisotopic (exact) mass is 354 g/mol. The smallest absolute Gasteiger partial charge is 0.359 e. The van der Waals surface area contributed by atoms with Crippen molar-refractivity contribution in [1.29, 1.82) is 0 Å². The largest absolute Gasteiger partial charge is 0.452 e. The van der Waals surface area contributed by atoms with Gasteiger partial charge < -0.3 is 4.74 Å². The predicted octanol–water partition coefficient (Wildman–Crippen LogP) is 2.60. The van der Waals surface area contributed by atoms with E-state index in [1.807, 2.05) is 0 Å². The van der Waals surface area contributed by atoms with Crippen LogP contribution in [0.3, 0.4) is 0 Å². The van der Waals surface area contributed by atoms with Gasteiger partial charge in [0.2, 0.25) is 5.78 Å². The van der Waals surface area contributed by atoms with Crippen LogP contribution in [0.1, 0.15) is 27.8 Å². The number of ether oxygens (including phenoxy) is 1. The molecule has 0 aliphatic heterocycles. The molecule has 26 heavy (non-hydrogen) atoms. The highest BCUT2D eigenvalue weighted by atomic mass is 19.1. The topological polar surface area (TPSA) is 78.3 Å². The Morgan fingerprint density at radius 2 is 1.73 bits per heavy atom. The molecular weight excluding hydrogens is 339 g/mol. The third-order valence-corrected chi connectivity index (χ3v) is 3.87. The lowest BCUT2D eigenvalue weighted by Crippen LogP contribution is -2.26. The molecule has 0 N–H and O–H groups in total. The van der Waals surface area contributed by atoms with Gasteiger partial charge in [-0.25, -0.2) is 13.9 Å². The van der Waals surface area contributed by atoms with E-state index in [4.69, 9.17) is 4.74 Å². The van der Waals surface area contributed by atoms with Gasteiger partial charge in [-0.15, -0.1) is 0 Å². The maximum Gasteiger partial charge on any atom is 0.359 e. The van der Waals surface area contributed by atoms with Crippen molar-refractivity contribution in [2.24, 2.45) is 0 Å². The van der Waals surface area contributed by atoms with Crippen molar-refractivity contribution in [3.63, 3.8) is 0 Å². The third-order valence-electron chi connectivity index (χ3n) is 3.87. The van der Waals surface area contributed by atoms with E-state index >= 15 is 0 Å². The highest BCUT2D eigenvalue weighted by Gasteiger charge is 2.19. The van der Waals surface area contributed by atoms with Crippen LogP contribution in [0.4, 0.5) is 4.39 Å². The molecule has 0 aliphatic carbocycles. The molecule has 0 spiro atoms. The molecule has 0 saturated carbocycles. The second-order valence-electron chi connectivity index (χ2n) is 5.49. The standard InChI is InChI=1S/C19H15FN2O4/c1-2-22-18(24)13-8-4-3-7-12(13)17(21-22)19(25)26-11-16(23)14-9-5-6-10-15(14)20/h3-10H,2,11H2,1H3. The van der Waals surface area contributed by atoms with Crippen molar-refractivity contribution >= 4 is 22.5 Å². The molecule has 0 aliphatic rings. The van der Waals surface area contributed by atoms with Gasteiger partial charge in [0.1, 0.15) is 5.82 Å². The van der Waals surface area contributed by atoms with Crippen LogP contribution in [0.2, 0.25) is 0 Å². The number of rotatable bonds is 5. The normalized spacial score (nSPS) is 10.7. The van der Waals surface area contributed by atoms with E-state index in [9.17, 15) is 18.8 Å². The average molecular weight is 354 g/mol. The number of aromatic nitrogens is 2. The number of esters is 1. The second kappa shape index (κ2) is 7.26. The highest BCUT2D eigenvalue weighted by Crippen LogP contribution is 2.15. The van der Waals surface area contributed by atoms with E-state index in [1.54, 1.807) is 31.2 Å². The Bertz CT molecular complexity index is 1060. The van der Waals surface area contributed by atoms with Crippen molar-refractivity contribution < 1.29 is 18.7 Å². The fourth-order valence-electron chi connectivity index (χ4n) is 2.56. The summed E-state index contributed by atoms with van der Waals surface area (Å²) in [5.41, 5.74) is -0.540. The number of carbonyl (C=O) groups excluding carboxylic acids is 2. The summed E-state index contributed by atoms with van der Waals surface area (Å²) < 4.78 is 19.8. The van der Waals surface area contributed by atoms with Crippen LogP contribution < -0.4 is 5.56 Å². The van der Waals surface area contributed by atoms with Crippen molar-refractivity contribution in [2.45, 2.75) is 13.5 Å². The predicted molar refractivity (Wildman–Crippen MR) is 92.7 cm³/mol. The molecule has 0 unspecified atom stereocenters. The van der Waals surface area contributed by atoms with Crippen molar-refractivity contribution in [3.05, 3.63) is 76.0 Å². The van der Waals surface area contributed by atoms with Crippen LogP contribution >= 0.6 is 0 Å². The second-order valence-corrected chi connectivity index (χ2v) is 5.49. The number of fused-ring (bicyclic) bond motifs is 1. The van der Waals surface area contributed by atoms with E-state index in [1.165, 1.54) is 18.2 Å². The van der Waals surface area contributed by atoms with E-state index in [0.717, 1.165) is 10.7 Å². The van der Waals surface area contributed by atoms with Crippen LogP contribution in [0.15, 0.2) is 53.3 Å². The summed E-state index contributed by atoms with van der Waals surface area (Å²) in [7, 11) is 0. The molecule has 3 aromatic rings. The van der Waals surface area contributed by atoms with Crippen molar-refractivity contribution in [2.75, 3.05) is 6.61 Å². The van der Waals surface area contributed by atoms with Gasteiger partial charge in [-0.2, -0.15) is 5.10 Å². The van der Waals surface area contributed by atoms with Gasteiger partial charge >= 0.3 is 5.97 Å². The Balaban J connectivity index is 1.89. The van der Waals surface area contributed by atoms with Crippen molar-refractivity contribution in [3.8, 4) is 0 Å². The van der Waals surface area contributed by atoms with Crippen molar-refractivity contribution in [1.82, 2.24) is 9.78 Å². The van der Waals surface area contributed by atoms with Gasteiger partial charge in [-0.3, -0.25) is 9.59 Å². The molecule has 0 saturated heterocycles. The van der Waals surface area contributed by atoms with Crippen LogP contribution in [0.5, 0.6) is 0 Å². The number of aryl methyl sites for hydroxylation is 1. The molecule has 1 heterocycles. The first-order chi connectivity index (χ1) is 12.5. The summed E-state index contributed by atoms with van der Waals surface area (Å²) in [5, 5.41) is 4.70. The molecule has 0 bridgehead atoms. The van der Waals surface area contributed by atoms with Gasteiger partial charge in [-0.1, -0.05) is 30.3 Å². The molecule has 7 heteroatoms. The van der Waals surface area contributed by atoms with Gasteiger partial charge in [0.05, 0.1) is 10.9 Å². The molecule has 132 valence electrons. The number of Topliss-reactive ketones (excluding diaryl/α,β-unsaturated/α-hetero) is 1. The number of ketones is 1. The quantitative estimate of drug-likeness (QED) is 0.520. The first-order valence-electron chi connectivity index (χ1n) is 7.97. The first kappa shape index (κ1) is 17.5. The molecular formula is C19H15FN2O4. The lowest BCUT2D eigenvalue weighted by molar-refractivity contribution is 0.0467. The maximum absolute atomic E-state index is 13.6. The number of benzene rings is 2. The SMILES string of the molecule is CCn1nc(C(=O)OCC(=O)c2ccccc2F)c2ccccc2c1=O. The summed E-state index contributed by atoms with van der Waals surface area (Å²) in [6.45, 7) is 1.37. The minimum absolute atomic E-state index is 0.0663. The molecule has 0 atom stereocenters. The Morgan fingerprint density at radius 1 is 1.08 bits per heavy atom. The Kier molecular flexibility index (Phi) is 4.88. The Morgan fingerprint density at radius 3 is 2.42 bits per heavy atom. The average Bonchev–Trinajstić information content (AvgIpc) is 2.66. The highest BCUT2D eigenvalue weighted by molar-refractivity contribution is 6.04. The molecule has 2 aromatic carbocycles. The number of carbonyl (C=O) groups is 2. The van der Waals surface area contributed by atoms with Crippen LogP contribution in [-0.4, -0.2) is 28.1 Å². The van der Waals surface area contributed by atoms with Crippen LogP contribution in [-0.2, 0) is 11.3 Å². The fraction of sp³-hybridized carbons (Fsp3) is 0.158. The summed E-state index contributed by atoms with van der Waals surface area (Å²) in [6, 6.07) is 12.0. The summed E-state index contributed by atoms with van der Waals surface area (Å²) in [5.74, 6) is -2.20. The zero-order valence-electron chi connectivity index (χ0n) is 13.9. The van der Waals surface area contributed by atoms with Gasteiger partial charge in [0.15, 0.2) is 12.3 Å². The molecule has 0 fully saturated rings. The zero-order valence-corrected chi connectivity index (χ0v) is 13.9. The summed E-state index contributed by atoms with van der Waals surface area (Å²) >= 11 is 0. The van der Waals surface area contributed by atoms with Crippen LogP contribution in [0.25, 0.3) is 10.8 Å². The summed E-state index contributed by atoms with van der Waals surface area (Å²) in [6.07, 6.45) is 0. The van der Waals surface area contributed by atoms with Gasteiger partial charge in [0.25, 0.3) is 5.56 Å². The lowest BCUT2D eigenvalue weighted by atomic mass is 10.1. The van der Waals surface area contributed by atoms with E-state index in [-0.39, 0.29) is 23.4 Å². The van der Waals surface area contributed by atoms with E-state index in [2.05, 4.69) is 5.10 Å². The van der Waals surface area contributed by atoms with E-state index in [0.29, 0.717) is 10.8 Å². The first-order valence-corrected chi connectivity index (χ1v) is 7.97. The minimum atomic E-state index is -0.854. The van der Waals surface area contributed by atoms with Crippen LogP contribution in [0, 0.1) is 5.82 Å². The number of hydrogen-bond donors (Lipinski definition) is 0. The number of halogens is 1. The zero-order chi connectivity index (χ0) is 18.7. The lowest BCUT2D eigenvalue weighted by Gasteiger charge is -2.09. The third kappa shape index (κ3) is 3.23. The molecule has 0 radical (unpaired) electrons. The molecule has 0 amide bonds. The minimum Gasteiger partial charge on any atom is -0.452 e. The number of hydrogen-bond acceptors (Lipinski definition) is 5. The molecule has 3 rings (SSSR count). The fourth-order valence-corrected chi connectivity index (χ4v) is 2.56. The van der Waals surface area contributed by atoms with E-state index < -0.39 is 24.2 Å². The van der Waals surface area contributed by atoms with Gasteiger partial charge in [-0.05, 0) is 25.1 Å². The Hall–Kier alpha value is -3.35. The molecule has 6 nitrogen and oxygen atoms in total. The Labute approximate surface area is 147 Å². The maximum atomic E-state index is 13.6. The number of nitrogens with zero attached hydrogens (tertiary/aromatic N) is 2. The molecule has 1 aromatic heterocycles.